The topological polar surface area (TPSA) is 16.4 Å². The minimum Gasteiger partial charge on any atom is -0.455 e. The van der Waals surface area contributed by atoms with Gasteiger partial charge in [0.2, 0.25) is 0 Å². The van der Waals surface area contributed by atoms with Crippen LogP contribution in [0, 0.1) is 0 Å². The number of nitrogens with zero attached hydrogens (tertiary/aromatic N) is 1. The first-order valence-electron chi connectivity index (χ1n) is 16.6. The van der Waals surface area contributed by atoms with E-state index in [0.717, 1.165) is 50.1 Å². The average molecular weight is 644 g/mol. The smallest absolute Gasteiger partial charge is 0.143 e. The first-order valence-corrected chi connectivity index (χ1v) is 17.4. The van der Waals surface area contributed by atoms with Gasteiger partial charge >= 0.3 is 0 Å². The molecule has 0 aliphatic rings. The molecular formula is C46H29NOS. The van der Waals surface area contributed by atoms with Crippen molar-refractivity contribution in [3.63, 3.8) is 0 Å². The highest BCUT2D eigenvalue weighted by molar-refractivity contribution is 7.26. The van der Waals surface area contributed by atoms with Gasteiger partial charge in [-0.05, 0) is 64.5 Å². The summed E-state index contributed by atoms with van der Waals surface area (Å²) in [7, 11) is 0. The van der Waals surface area contributed by atoms with Gasteiger partial charge in [0.1, 0.15) is 11.2 Å². The van der Waals surface area contributed by atoms with Crippen LogP contribution in [0.25, 0.3) is 75.1 Å². The Labute approximate surface area is 287 Å². The molecule has 0 atom stereocenters. The Kier molecular flexibility index (Phi) is 6.39. The Morgan fingerprint density at radius 2 is 1.00 bits per heavy atom. The highest BCUT2D eigenvalue weighted by Gasteiger charge is 2.20. The van der Waals surface area contributed by atoms with Gasteiger partial charge in [-0.2, -0.15) is 0 Å². The number of furan rings is 1. The summed E-state index contributed by atoms with van der Waals surface area (Å²) in [4.78, 5) is 2.41. The number of fused-ring (bicyclic) bond motifs is 8. The van der Waals surface area contributed by atoms with Crippen molar-refractivity contribution in [2.45, 2.75) is 0 Å². The quantitative estimate of drug-likeness (QED) is 0.186. The Balaban J connectivity index is 1.17. The van der Waals surface area contributed by atoms with Crippen LogP contribution in [0.3, 0.4) is 0 Å². The second kappa shape index (κ2) is 11.2. The van der Waals surface area contributed by atoms with Crippen molar-refractivity contribution in [2.24, 2.45) is 0 Å². The number of para-hydroxylation sites is 2. The molecule has 0 saturated heterocycles. The maximum Gasteiger partial charge on any atom is 0.143 e. The van der Waals surface area contributed by atoms with Gasteiger partial charge in [0.25, 0.3) is 0 Å². The molecule has 10 aromatic rings. The highest BCUT2D eigenvalue weighted by atomic mass is 32.1. The van der Waals surface area contributed by atoms with Crippen LogP contribution in [0.2, 0.25) is 0 Å². The normalized spacial score (nSPS) is 11.7. The van der Waals surface area contributed by atoms with Gasteiger partial charge in [0, 0.05) is 53.3 Å². The third-order valence-corrected chi connectivity index (χ3v) is 10.8. The maximum atomic E-state index is 6.41. The van der Waals surface area contributed by atoms with Gasteiger partial charge in [-0.3, -0.25) is 0 Å². The monoisotopic (exact) mass is 643 g/mol. The number of hydrogen-bond donors (Lipinski definition) is 0. The maximum absolute atomic E-state index is 6.41. The molecule has 0 fully saturated rings. The van der Waals surface area contributed by atoms with Crippen molar-refractivity contribution < 1.29 is 4.42 Å². The fourth-order valence-electron chi connectivity index (χ4n) is 7.38. The van der Waals surface area contributed by atoms with E-state index < -0.39 is 0 Å². The van der Waals surface area contributed by atoms with Gasteiger partial charge < -0.3 is 9.32 Å². The van der Waals surface area contributed by atoms with Gasteiger partial charge in [-0.1, -0.05) is 133 Å². The number of benzene rings is 8. The molecule has 0 unspecified atom stereocenters. The molecule has 0 radical (unpaired) electrons. The van der Waals surface area contributed by atoms with E-state index in [-0.39, 0.29) is 0 Å². The zero-order chi connectivity index (χ0) is 32.3. The lowest BCUT2D eigenvalue weighted by molar-refractivity contribution is 0.670. The van der Waals surface area contributed by atoms with Crippen molar-refractivity contribution in [3.05, 3.63) is 176 Å². The fourth-order valence-corrected chi connectivity index (χ4v) is 8.54. The Hall–Kier alpha value is -6.16. The Morgan fingerprint density at radius 3 is 1.78 bits per heavy atom. The number of hydrogen-bond acceptors (Lipinski definition) is 3. The second-order valence-corrected chi connectivity index (χ2v) is 13.6. The first kappa shape index (κ1) is 27.9. The molecule has 0 bridgehead atoms. The zero-order valence-electron chi connectivity index (χ0n) is 26.5. The molecule has 2 nitrogen and oxygen atoms in total. The molecule has 2 heterocycles. The molecule has 3 heteroatoms. The predicted molar refractivity (Wildman–Crippen MR) is 210 cm³/mol. The summed E-state index contributed by atoms with van der Waals surface area (Å²) >= 11 is 1.86. The lowest BCUT2D eigenvalue weighted by Gasteiger charge is -2.27. The average Bonchev–Trinajstić information content (AvgIpc) is 3.75. The molecule has 0 saturated carbocycles. The van der Waals surface area contributed by atoms with Crippen LogP contribution in [0.15, 0.2) is 180 Å². The number of rotatable bonds is 5. The molecular weight excluding hydrogens is 615 g/mol. The lowest BCUT2D eigenvalue weighted by atomic mass is 9.99. The molecule has 0 aliphatic carbocycles. The summed E-state index contributed by atoms with van der Waals surface area (Å²) in [6.45, 7) is 0. The van der Waals surface area contributed by atoms with E-state index in [9.17, 15) is 0 Å². The Morgan fingerprint density at radius 1 is 0.408 bits per heavy atom. The summed E-state index contributed by atoms with van der Waals surface area (Å²) in [6, 6.07) is 63.2. The number of thiophene rings is 1. The van der Waals surface area contributed by atoms with E-state index in [2.05, 4.69) is 169 Å². The van der Waals surface area contributed by atoms with E-state index in [1.165, 1.54) is 42.1 Å². The lowest BCUT2D eigenvalue weighted by Crippen LogP contribution is -2.10. The van der Waals surface area contributed by atoms with Crippen molar-refractivity contribution in [1.82, 2.24) is 0 Å². The van der Waals surface area contributed by atoms with Crippen LogP contribution < -0.4 is 4.90 Å². The minimum absolute atomic E-state index is 0.912. The van der Waals surface area contributed by atoms with Crippen LogP contribution in [0.4, 0.5) is 17.1 Å². The Bertz CT molecular complexity index is 2810. The summed E-state index contributed by atoms with van der Waals surface area (Å²) in [5.74, 6) is 0. The predicted octanol–water partition coefficient (Wildman–Crippen LogP) is 13.9. The van der Waals surface area contributed by atoms with E-state index in [1.54, 1.807) is 0 Å². The number of anilines is 3. The van der Waals surface area contributed by atoms with Crippen LogP contribution in [0.5, 0.6) is 0 Å². The molecule has 0 amide bonds. The van der Waals surface area contributed by atoms with Gasteiger partial charge in [0.05, 0.1) is 5.69 Å². The summed E-state index contributed by atoms with van der Waals surface area (Å²) in [6.07, 6.45) is 0. The molecule has 49 heavy (non-hydrogen) atoms. The first-order chi connectivity index (χ1) is 24.3. The molecule has 0 N–H and O–H groups in total. The van der Waals surface area contributed by atoms with E-state index in [1.807, 2.05) is 23.5 Å². The standard InChI is InChI=1S/C46H29NOS/c1-2-11-30(12-3-1)31-21-25-33(26-22-31)47(41-29-44-45(38-15-5-4-13-36(38)41)40-16-7-9-20-43(40)49-44)34-27-23-32(24-28-34)35-17-10-18-39-37-14-6-8-19-42(37)48-46(35)39/h1-29H. The third-order valence-electron chi connectivity index (χ3n) is 9.68. The molecule has 0 aliphatic heterocycles. The fraction of sp³-hybridized carbons (Fsp3) is 0. The van der Waals surface area contributed by atoms with E-state index in [4.69, 9.17) is 4.42 Å². The molecule has 0 spiro atoms. The molecule has 230 valence electrons. The summed E-state index contributed by atoms with van der Waals surface area (Å²) in [5, 5.41) is 7.42. The molecule has 10 rings (SSSR count). The van der Waals surface area contributed by atoms with Crippen LogP contribution >= 0.6 is 11.3 Å². The van der Waals surface area contributed by atoms with Crippen molar-refractivity contribution in [3.8, 4) is 22.3 Å². The zero-order valence-corrected chi connectivity index (χ0v) is 27.3. The SMILES string of the molecule is c1ccc(-c2ccc(N(c3ccc(-c4cccc5c4oc4ccccc45)cc3)c3cc4sc5ccccc5c4c4ccccc34)cc2)cc1. The van der Waals surface area contributed by atoms with Crippen molar-refractivity contribution >= 4 is 81.3 Å². The molecule has 2 aromatic heterocycles. The van der Waals surface area contributed by atoms with E-state index in [0.29, 0.717) is 0 Å². The minimum atomic E-state index is 0.912. The van der Waals surface area contributed by atoms with Gasteiger partial charge in [-0.15, -0.1) is 11.3 Å². The van der Waals surface area contributed by atoms with Crippen LogP contribution in [0.1, 0.15) is 0 Å². The second-order valence-electron chi connectivity index (χ2n) is 12.5. The molecule has 8 aromatic carbocycles. The highest BCUT2D eigenvalue weighted by Crippen LogP contribution is 2.47. The summed E-state index contributed by atoms with van der Waals surface area (Å²) < 4.78 is 9.00. The van der Waals surface area contributed by atoms with Gasteiger partial charge in [-0.25, -0.2) is 0 Å². The van der Waals surface area contributed by atoms with Crippen LogP contribution in [-0.4, -0.2) is 0 Å². The van der Waals surface area contributed by atoms with E-state index >= 15 is 0 Å². The van der Waals surface area contributed by atoms with Crippen LogP contribution in [-0.2, 0) is 0 Å². The summed E-state index contributed by atoms with van der Waals surface area (Å²) in [5.41, 5.74) is 9.82. The van der Waals surface area contributed by atoms with Gasteiger partial charge in [0.15, 0.2) is 0 Å². The third kappa shape index (κ3) is 4.55. The largest absolute Gasteiger partial charge is 0.455 e. The van der Waals surface area contributed by atoms with Crippen molar-refractivity contribution in [2.75, 3.05) is 4.90 Å². The van der Waals surface area contributed by atoms with Crippen molar-refractivity contribution in [1.29, 1.82) is 0 Å².